The molecule has 0 radical (unpaired) electrons. The zero-order chi connectivity index (χ0) is 14.5. The first kappa shape index (κ1) is 15.8. The predicted molar refractivity (Wildman–Crippen MR) is 72.6 cm³/mol. The Morgan fingerprint density at radius 2 is 2.21 bits per heavy atom. The lowest BCUT2D eigenvalue weighted by molar-refractivity contribution is 0.0243. The fourth-order valence-electron chi connectivity index (χ4n) is 1.46. The molecule has 0 saturated heterocycles. The van der Waals surface area contributed by atoms with Gasteiger partial charge in [-0.3, -0.25) is 4.79 Å². The first-order chi connectivity index (χ1) is 8.85. The number of nitrogens with one attached hydrogen (secondary N) is 1. The number of amides is 1. The van der Waals surface area contributed by atoms with Crippen LogP contribution in [0.1, 0.15) is 23.7 Å². The molecule has 0 spiro atoms. The standard InChI is InChI=1S/C13H18ClNO4/c1-13(18,5-6-19-2)8-15-12(17)10-7-9(16)3-4-11(10)14/h3-4,7,16,18H,5-6,8H2,1-2H3,(H,15,17). The lowest BCUT2D eigenvalue weighted by atomic mass is 10.0. The SMILES string of the molecule is COCCC(C)(O)CNC(=O)c1cc(O)ccc1Cl. The molecule has 0 aliphatic rings. The normalized spacial score (nSPS) is 13.9. The minimum Gasteiger partial charge on any atom is -0.508 e. The maximum absolute atomic E-state index is 11.9. The molecule has 3 N–H and O–H groups in total. The van der Waals surface area contributed by atoms with Crippen molar-refractivity contribution >= 4 is 17.5 Å². The molecule has 0 bridgehead atoms. The molecule has 5 nitrogen and oxygen atoms in total. The van der Waals surface area contributed by atoms with E-state index in [1.165, 1.54) is 18.2 Å². The van der Waals surface area contributed by atoms with Gasteiger partial charge < -0.3 is 20.3 Å². The third kappa shape index (κ3) is 5.06. The van der Waals surface area contributed by atoms with Crippen LogP contribution in [0.3, 0.4) is 0 Å². The Hall–Kier alpha value is -1.30. The zero-order valence-electron chi connectivity index (χ0n) is 10.9. The van der Waals surface area contributed by atoms with E-state index >= 15 is 0 Å². The lowest BCUT2D eigenvalue weighted by Gasteiger charge is -2.23. The maximum Gasteiger partial charge on any atom is 0.253 e. The van der Waals surface area contributed by atoms with E-state index in [9.17, 15) is 15.0 Å². The van der Waals surface area contributed by atoms with Crippen LogP contribution in [0.5, 0.6) is 5.75 Å². The van der Waals surface area contributed by atoms with Gasteiger partial charge >= 0.3 is 0 Å². The van der Waals surface area contributed by atoms with Crippen LogP contribution in [0.25, 0.3) is 0 Å². The second kappa shape index (κ2) is 6.75. The molecule has 1 rings (SSSR count). The number of methoxy groups -OCH3 is 1. The summed E-state index contributed by atoms with van der Waals surface area (Å²) in [6.07, 6.45) is 0.400. The van der Waals surface area contributed by atoms with E-state index in [1.54, 1.807) is 14.0 Å². The van der Waals surface area contributed by atoms with Crippen LogP contribution >= 0.6 is 11.6 Å². The average Bonchev–Trinajstić information content (AvgIpc) is 2.36. The molecule has 0 aliphatic carbocycles. The molecule has 0 saturated carbocycles. The van der Waals surface area contributed by atoms with Crippen molar-refractivity contribution in [1.82, 2.24) is 5.32 Å². The second-order valence-corrected chi connectivity index (χ2v) is 4.99. The topological polar surface area (TPSA) is 78.8 Å². The monoisotopic (exact) mass is 287 g/mol. The Bertz CT molecular complexity index is 448. The molecule has 0 fully saturated rings. The summed E-state index contributed by atoms with van der Waals surface area (Å²) in [7, 11) is 1.54. The number of hydrogen-bond donors (Lipinski definition) is 3. The van der Waals surface area contributed by atoms with Gasteiger partial charge in [-0.2, -0.15) is 0 Å². The molecule has 1 aromatic carbocycles. The van der Waals surface area contributed by atoms with Crippen LogP contribution in [0.15, 0.2) is 18.2 Å². The fourth-order valence-corrected chi connectivity index (χ4v) is 1.67. The van der Waals surface area contributed by atoms with Gasteiger partial charge in [0.1, 0.15) is 5.75 Å². The van der Waals surface area contributed by atoms with Crippen molar-refractivity contribution in [1.29, 1.82) is 0 Å². The van der Waals surface area contributed by atoms with E-state index in [2.05, 4.69) is 5.32 Å². The Kier molecular flexibility index (Phi) is 5.60. The van der Waals surface area contributed by atoms with Crippen molar-refractivity contribution in [2.45, 2.75) is 18.9 Å². The third-order valence-electron chi connectivity index (χ3n) is 2.67. The molecule has 1 amide bonds. The molecule has 0 aromatic heterocycles. The minimum absolute atomic E-state index is 0.0410. The van der Waals surface area contributed by atoms with Gasteiger partial charge in [0.15, 0.2) is 0 Å². The predicted octanol–water partition coefficient (Wildman–Crippen LogP) is 1.56. The quantitative estimate of drug-likeness (QED) is 0.742. The summed E-state index contributed by atoms with van der Waals surface area (Å²) in [5.74, 6) is -0.487. The molecule has 6 heteroatoms. The van der Waals surface area contributed by atoms with Crippen LogP contribution < -0.4 is 5.32 Å². The number of carbonyl (C=O) groups is 1. The van der Waals surface area contributed by atoms with Gasteiger partial charge in [0.05, 0.1) is 16.2 Å². The Balaban J connectivity index is 2.62. The number of carbonyl (C=O) groups excluding carboxylic acids is 1. The summed E-state index contributed by atoms with van der Waals surface area (Å²) in [6.45, 7) is 2.08. The highest BCUT2D eigenvalue weighted by molar-refractivity contribution is 6.33. The molecule has 106 valence electrons. The highest BCUT2D eigenvalue weighted by Gasteiger charge is 2.22. The van der Waals surface area contributed by atoms with Crippen molar-refractivity contribution in [3.05, 3.63) is 28.8 Å². The smallest absolute Gasteiger partial charge is 0.253 e. The summed E-state index contributed by atoms with van der Waals surface area (Å²) in [6, 6.07) is 4.12. The number of aromatic hydroxyl groups is 1. The van der Waals surface area contributed by atoms with Crippen LogP contribution in [-0.4, -0.2) is 42.0 Å². The second-order valence-electron chi connectivity index (χ2n) is 4.59. The molecular weight excluding hydrogens is 270 g/mol. The van der Waals surface area contributed by atoms with Crippen molar-refractivity contribution < 1.29 is 19.7 Å². The van der Waals surface area contributed by atoms with Crippen LogP contribution in [0.4, 0.5) is 0 Å². The van der Waals surface area contributed by atoms with Gasteiger partial charge in [-0.15, -0.1) is 0 Å². The molecule has 1 aromatic rings. The van der Waals surface area contributed by atoms with Crippen LogP contribution in [-0.2, 0) is 4.74 Å². The van der Waals surface area contributed by atoms with Crippen LogP contribution in [0, 0.1) is 0 Å². The number of benzene rings is 1. The van der Waals surface area contributed by atoms with Crippen LogP contribution in [0.2, 0.25) is 5.02 Å². The number of halogens is 1. The highest BCUT2D eigenvalue weighted by atomic mass is 35.5. The Morgan fingerprint density at radius 1 is 1.53 bits per heavy atom. The fraction of sp³-hybridized carbons (Fsp3) is 0.462. The van der Waals surface area contributed by atoms with Crippen molar-refractivity contribution in [3.63, 3.8) is 0 Å². The van der Waals surface area contributed by atoms with Gasteiger partial charge in [-0.05, 0) is 25.1 Å². The first-order valence-electron chi connectivity index (χ1n) is 5.84. The molecule has 0 aliphatic heterocycles. The summed E-state index contributed by atoms with van der Waals surface area (Å²) >= 11 is 5.87. The largest absolute Gasteiger partial charge is 0.508 e. The average molecular weight is 288 g/mol. The van der Waals surface area contributed by atoms with E-state index in [4.69, 9.17) is 16.3 Å². The first-order valence-corrected chi connectivity index (χ1v) is 6.21. The van der Waals surface area contributed by atoms with Crippen molar-refractivity contribution in [3.8, 4) is 5.75 Å². The van der Waals surface area contributed by atoms with E-state index in [0.717, 1.165) is 0 Å². The summed E-state index contributed by atoms with van der Waals surface area (Å²) < 4.78 is 4.88. The maximum atomic E-state index is 11.9. The van der Waals surface area contributed by atoms with Gasteiger partial charge in [-0.1, -0.05) is 11.6 Å². The number of phenolic OH excluding ortho intramolecular Hbond substituents is 1. The third-order valence-corrected chi connectivity index (χ3v) is 3.00. The number of aliphatic hydroxyl groups is 1. The lowest BCUT2D eigenvalue weighted by Crippen LogP contribution is -2.41. The van der Waals surface area contributed by atoms with E-state index < -0.39 is 11.5 Å². The minimum atomic E-state index is -1.06. The van der Waals surface area contributed by atoms with Gasteiger partial charge in [-0.25, -0.2) is 0 Å². The molecule has 1 atom stereocenters. The highest BCUT2D eigenvalue weighted by Crippen LogP contribution is 2.21. The summed E-state index contributed by atoms with van der Waals surface area (Å²) in [5, 5.41) is 22.1. The summed E-state index contributed by atoms with van der Waals surface area (Å²) in [5.41, 5.74) is -0.890. The van der Waals surface area contributed by atoms with E-state index in [1.807, 2.05) is 0 Å². The molecule has 19 heavy (non-hydrogen) atoms. The van der Waals surface area contributed by atoms with E-state index in [0.29, 0.717) is 13.0 Å². The molecular formula is C13H18ClNO4. The van der Waals surface area contributed by atoms with Gasteiger partial charge in [0.2, 0.25) is 0 Å². The Labute approximate surface area is 117 Å². The Morgan fingerprint density at radius 3 is 2.84 bits per heavy atom. The van der Waals surface area contributed by atoms with Crippen molar-refractivity contribution in [2.24, 2.45) is 0 Å². The van der Waals surface area contributed by atoms with E-state index in [-0.39, 0.29) is 22.9 Å². The molecule has 0 heterocycles. The van der Waals surface area contributed by atoms with Gasteiger partial charge in [0, 0.05) is 26.7 Å². The number of hydrogen-bond acceptors (Lipinski definition) is 4. The molecule has 1 unspecified atom stereocenters. The van der Waals surface area contributed by atoms with Crippen molar-refractivity contribution in [2.75, 3.05) is 20.3 Å². The number of phenols is 1. The number of rotatable bonds is 6. The number of ether oxygens (including phenoxy) is 1. The van der Waals surface area contributed by atoms with Gasteiger partial charge in [0.25, 0.3) is 5.91 Å². The zero-order valence-corrected chi connectivity index (χ0v) is 11.7. The summed E-state index contributed by atoms with van der Waals surface area (Å²) in [4.78, 5) is 11.9.